The Morgan fingerprint density at radius 1 is 1.17 bits per heavy atom. The summed E-state index contributed by atoms with van der Waals surface area (Å²) in [5.41, 5.74) is 3.40. The lowest BCUT2D eigenvalue weighted by Crippen LogP contribution is -2.07. The van der Waals surface area contributed by atoms with Gasteiger partial charge in [-0.2, -0.15) is 0 Å². The molecule has 94 valence electrons. The Labute approximate surface area is 121 Å². The molecule has 0 aliphatic rings. The second-order valence-corrected chi connectivity index (χ2v) is 5.66. The van der Waals surface area contributed by atoms with Gasteiger partial charge in [-0.1, -0.05) is 45.7 Å². The standard InChI is InChI=1S/C15H15BrClN/c1-10-14(17)7-4-8-15(10)18-11(2)12-5-3-6-13(16)9-12/h3-9,11,18H,1-2H3. The van der Waals surface area contributed by atoms with E-state index in [-0.39, 0.29) is 6.04 Å². The van der Waals surface area contributed by atoms with Gasteiger partial charge in [0.15, 0.2) is 0 Å². The van der Waals surface area contributed by atoms with Crippen molar-refractivity contribution in [3.8, 4) is 0 Å². The monoisotopic (exact) mass is 323 g/mol. The Morgan fingerprint density at radius 3 is 2.61 bits per heavy atom. The zero-order valence-corrected chi connectivity index (χ0v) is 12.7. The molecule has 1 N–H and O–H groups in total. The van der Waals surface area contributed by atoms with Crippen molar-refractivity contribution in [3.63, 3.8) is 0 Å². The molecular weight excluding hydrogens is 310 g/mol. The van der Waals surface area contributed by atoms with Crippen LogP contribution in [0.3, 0.4) is 0 Å². The van der Waals surface area contributed by atoms with Gasteiger partial charge in [-0.05, 0) is 49.2 Å². The zero-order chi connectivity index (χ0) is 13.1. The van der Waals surface area contributed by atoms with E-state index in [2.05, 4.69) is 46.4 Å². The van der Waals surface area contributed by atoms with E-state index >= 15 is 0 Å². The van der Waals surface area contributed by atoms with Crippen molar-refractivity contribution >= 4 is 33.2 Å². The van der Waals surface area contributed by atoms with E-state index < -0.39 is 0 Å². The van der Waals surface area contributed by atoms with Gasteiger partial charge in [-0.25, -0.2) is 0 Å². The molecule has 0 bridgehead atoms. The maximum absolute atomic E-state index is 6.12. The molecule has 1 unspecified atom stereocenters. The van der Waals surface area contributed by atoms with E-state index in [1.807, 2.05) is 31.2 Å². The van der Waals surface area contributed by atoms with Gasteiger partial charge in [0.25, 0.3) is 0 Å². The number of hydrogen-bond donors (Lipinski definition) is 1. The Morgan fingerprint density at radius 2 is 1.89 bits per heavy atom. The summed E-state index contributed by atoms with van der Waals surface area (Å²) >= 11 is 9.61. The van der Waals surface area contributed by atoms with Gasteiger partial charge in [0, 0.05) is 21.2 Å². The van der Waals surface area contributed by atoms with Gasteiger partial charge in [0.05, 0.1) is 0 Å². The van der Waals surface area contributed by atoms with Gasteiger partial charge in [-0.15, -0.1) is 0 Å². The zero-order valence-electron chi connectivity index (χ0n) is 10.4. The maximum Gasteiger partial charge on any atom is 0.0486 e. The molecule has 0 heterocycles. The van der Waals surface area contributed by atoms with Crippen molar-refractivity contribution in [1.82, 2.24) is 0 Å². The fraction of sp³-hybridized carbons (Fsp3) is 0.200. The summed E-state index contributed by atoms with van der Waals surface area (Å²) in [6.45, 7) is 4.17. The Bertz CT molecular complexity index is 554. The molecule has 0 fully saturated rings. The molecule has 0 aromatic heterocycles. The van der Waals surface area contributed by atoms with E-state index in [9.17, 15) is 0 Å². The summed E-state index contributed by atoms with van der Waals surface area (Å²) in [5, 5.41) is 4.28. The Hall–Kier alpha value is -0.990. The second-order valence-electron chi connectivity index (χ2n) is 4.33. The van der Waals surface area contributed by atoms with Crippen LogP contribution < -0.4 is 5.32 Å². The van der Waals surface area contributed by atoms with Gasteiger partial charge in [-0.3, -0.25) is 0 Å². The van der Waals surface area contributed by atoms with Crippen molar-refractivity contribution in [2.45, 2.75) is 19.9 Å². The third-order valence-corrected chi connectivity index (χ3v) is 3.89. The molecule has 0 saturated carbocycles. The highest BCUT2D eigenvalue weighted by atomic mass is 79.9. The number of benzene rings is 2. The topological polar surface area (TPSA) is 12.0 Å². The minimum atomic E-state index is 0.236. The highest BCUT2D eigenvalue weighted by molar-refractivity contribution is 9.10. The molecule has 2 aromatic carbocycles. The molecule has 0 aliphatic heterocycles. The summed E-state index contributed by atoms with van der Waals surface area (Å²) in [4.78, 5) is 0. The van der Waals surface area contributed by atoms with Crippen LogP contribution in [-0.2, 0) is 0 Å². The van der Waals surface area contributed by atoms with Gasteiger partial charge in [0.1, 0.15) is 0 Å². The number of anilines is 1. The quantitative estimate of drug-likeness (QED) is 0.776. The molecule has 2 rings (SSSR count). The molecule has 0 aliphatic carbocycles. The minimum absolute atomic E-state index is 0.236. The van der Waals surface area contributed by atoms with Crippen molar-refractivity contribution in [2.75, 3.05) is 5.32 Å². The van der Waals surface area contributed by atoms with Crippen LogP contribution in [0, 0.1) is 6.92 Å². The van der Waals surface area contributed by atoms with Crippen molar-refractivity contribution in [2.24, 2.45) is 0 Å². The first kappa shape index (κ1) is 13.4. The molecule has 1 atom stereocenters. The van der Waals surface area contributed by atoms with Crippen LogP contribution in [0.1, 0.15) is 24.1 Å². The summed E-state index contributed by atoms with van der Waals surface area (Å²) < 4.78 is 1.09. The lowest BCUT2D eigenvalue weighted by molar-refractivity contribution is 0.881. The van der Waals surface area contributed by atoms with Crippen molar-refractivity contribution in [1.29, 1.82) is 0 Å². The maximum atomic E-state index is 6.12. The van der Waals surface area contributed by atoms with Crippen molar-refractivity contribution in [3.05, 3.63) is 63.1 Å². The van der Waals surface area contributed by atoms with Crippen LogP contribution in [0.4, 0.5) is 5.69 Å². The molecule has 0 saturated heterocycles. The third kappa shape index (κ3) is 3.06. The molecule has 2 aromatic rings. The SMILES string of the molecule is Cc1c(Cl)cccc1NC(C)c1cccc(Br)c1. The predicted molar refractivity (Wildman–Crippen MR) is 82.4 cm³/mol. The summed E-state index contributed by atoms with van der Waals surface area (Å²) in [5.74, 6) is 0. The highest BCUT2D eigenvalue weighted by Gasteiger charge is 2.08. The van der Waals surface area contributed by atoms with E-state index in [1.54, 1.807) is 0 Å². The van der Waals surface area contributed by atoms with Crippen LogP contribution in [0.2, 0.25) is 5.02 Å². The van der Waals surface area contributed by atoms with E-state index in [1.165, 1.54) is 5.56 Å². The molecule has 1 nitrogen and oxygen atoms in total. The first-order valence-corrected chi connectivity index (χ1v) is 7.02. The van der Waals surface area contributed by atoms with Gasteiger partial charge in [0.2, 0.25) is 0 Å². The van der Waals surface area contributed by atoms with Crippen molar-refractivity contribution < 1.29 is 0 Å². The Kier molecular flexibility index (Phi) is 4.31. The van der Waals surface area contributed by atoms with Crippen LogP contribution in [0.5, 0.6) is 0 Å². The lowest BCUT2D eigenvalue weighted by Gasteiger charge is -2.18. The van der Waals surface area contributed by atoms with Gasteiger partial charge < -0.3 is 5.32 Å². The normalized spacial score (nSPS) is 12.2. The minimum Gasteiger partial charge on any atom is -0.378 e. The van der Waals surface area contributed by atoms with E-state index in [0.717, 1.165) is 20.7 Å². The predicted octanol–water partition coefficient (Wildman–Crippen LogP) is 5.58. The smallest absolute Gasteiger partial charge is 0.0486 e. The molecular formula is C15H15BrClN. The fourth-order valence-corrected chi connectivity index (χ4v) is 2.45. The molecule has 0 amide bonds. The molecule has 0 spiro atoms. The number of rotatable bonds is 3. The number of halogens is 2. The summed E-state index contributed by atoms with van der Waals surface area (Å²) in [6, 6.07) is 14.5. The molecule has 18 heavy (non-hydrogen) atoms. The van der Waals surface area contributed by atoms with Gasteiger partial charge >= 0.3 is 0 Å². The van der Waals surface area contributed by atoms with E-state index in [0.29, 0.717) is 0 Å². The van der Waals surface area contributed by atoms with Crippen LogP contribution in [0.15, 0.2) is 46.9 Å². The number of nitrogens with one attached hydrogen (secondary N) is 1. The average molecular weight is 325 g/mol. The van der Waals surface area contributed by atoms with Crippen LogP contribution >= 0.6 is 27.5 Å². The molecule has 0 radical (unpaired) electrons. The largest absolute Gasteiger partial charge is 0.378 e. The first-order valence-electron chi connectivity index (χ1n) is 5.85. The van der Waals surface area contributed by atoms with Crippen LogP contribution in [-0.4, -0.2) is 0 Å². The summed E-state index contributed by atoms with van der Waals surface area (Å²) in [6.07, 6.45) is 0. The van der Waals surface area contributed by atoms with E-state index in [4.69, 9.17) is 11.6 Å². The number of hydrogen-bond acceptors (Lipinski definition) is 1. The highest BCUT2D eigenvalue weighted by Crippen LogP contribution is 2.27. The van der Waals surface area contributed by atoms with Crippen LogP contribution in [0.25, 0.3) is 0 Å². The third-order valence-electron chi connectivity index (χ3n) is 2.99. The second kappa shape index (κ2) is 5.77. The summed E-state index contributed by atoms with van der Waals surface area (Å²) in [7, 11) is 0. The molecule has 3 heteroatoms. The average Bonchev–Trinajstić information content (AvgIpc) is 2.35. The fourth-order valence-electron chi connectivity index (χ4n) is 1.86. The lowest BCUT2D eigenvalue weighted by atomic mass is 10.1. The first-order chi connectivity index (χ1) is 8.58. The Balaban J connectivity index is 2.21.